The van der Waals surface area contributed by atoms with Gasteiger partial charge in [-0.2, -0.15) is 0 Å². The molecule has 0 bridgehead atoms. The summed E-state index contributed by atoms with van der Waals surface area (Å²) in [7, 11) is -2.09. The standard InChI is InChI=1S/C11H28N2O2Si/c1-4-14-16(3,15-5-2)13-11-9-7-6-8-10-12/h13H,4-12H2,1-3H3. The molecule has 0 aliphatic carbocycles. The van der Waals surface area contributed by atoms with E-state index in [1.165, 1.54) is 19.3 Å². The molecule has 0 aliphatic heterocycles. The third-order valence-electron chi connectivity index (χ3n) is 2.42. The van der Waals surface area contributed by atoms with Crippen LogP contribution >= 0.6 is 0 Å². The summed E-state index contributed by atoms with van der Waals surface area (Å²) in [5.74, 6) is 0. The zero-order chi connectivity index (χ0) is 12.3. The van der Waals surface area contributed by atoms with E-state index >= 15 is 0 Å². The fourth-order valence-corrected chi connectivity index (χ4v) is 3.65. The Morgan fingerprint density at radius 2 is 1.56 bits per heavy atom. The fraction of sp³-hybridized carbons (Fsp3) is 1.00. The van der Waals surface area contributed by atoms with Gasteiger partial charge < -0.3 is 14.6 Å². The molecule has 0 amide bonds. The first-order chi connectivity index (χ1) is 7.68. The van der Waals surface area contributed by atoms with Crippen molar-refractivity contribution < 1.29 is 8.85 Å². The Morgan fingerprint density at radius 3 is 2.06 bits per heavy atom. The second-order valence-corrected chi connectivity index (χ2v) is 6.76. The van der Waals surface area contributed by atoms with Crippen LogP contribution in [0.1, 0.15) is 39.5 Å². The van der Waals surface area contributed by atoms with Crippen LogP contribution in [-0.2, 0) is 8.85 Å². The second kappa shape index (κ2) is 10.2. The van der Waals surface area contributed by atoms with Crippen LogP contribution in [0.3, 0.4) is 0 Å². The summed E-state index contributed by atoms with van der Waals surface area (Å²) in [6, 6.07) is 0. The Morgan fingerprint density at radius 1 is 1.00 bits per heavy atom. The smallest absolute Gasteiger partial charge is 0.383 e. The zero-order valence-electron chi connectivity index (χ0n) is 11.1. The molecule has 3 N–H and O–H groups in total. The summed E-state index contributed by atoms with van der Waals surface area (Å²) in [6.45, 7) is 9.29. The molecule has 0 aromatic heterocycles. The van der Waals surface area contributed by atoms with Gasteiger partial charge in [-0.15, -0.1) is 0 Å². The minimum absolute atomic E-state index is 0.711. The average molecular weight is 248 g/mol. The first-order valence-electron chi connectivity index (χ1n) is 6.41. The third kappa shape index (κ3) is 8.24. The second-order valence-electron chi connectivity index (χ2n) is 3.94. The minimum Gasteiger partial charge on any atom is -0.383 e. The SMILES string of the molecule is CCO[Si](C)(NCCCCCCN)OCC. The average Bonchev–Trinajstić information content (AvgIpc) is 2.24. The van der Waals surface area contributed by atoms with Gasteiger partial charge in [0.1, 0.15) is 0 Å². The summed E-state index contributed by atoms with van der Waals surface area (Å²) in [5.41, 5.74) is 5.44. The lowest BCUT2D eigenvalue weighted by molar-refractivity contribution is 0.177. The van der Waals surface area contributed by atoms with Crippen LogP contribution in [0.4, 0.5) is 0 Å². The van der Waals surface area contributed by atoms with Crippen LogP contribution < -0.4 is 10.7 Å². The van der Waals surface area contributed by atoms with Gasteiger partial charge in [-0.1, -0.05) is 12.8 Å². The molecule has 98 valence electrons. The van der Waals surface area contributed by atoms with E-state index in [0.29, 0.717) is 13.2 Å². The van der Waals surface area contributed by atoms with Crippen molar-refractivity contribution in [3.63, 3.8) is 0 Å². The molecule has 0 heterocycles. The molecule has 0 spiro atoms. The monoisotopic (exact) mass is 248 g/mol. The summed E-state index contributed by atoms with van der Waals surface area (Å²) in [5, 5.41) is 0. The lowest BCUT2D eigenvalue weighted by Gasteiger charge is -2.26. The Labute approximate surface area is 101 Å². The van der Waals surface area contributed by atoms with Gasteiger partial charge >= 0.3 is 8.72 Å². The van der Waals surface area contributed by atoms with Crippen molar-refractivity contribution in [1.82, 2.24) is 4.98 Å². The van der Waals surface area contributed by atoms with E-state index in [1.54, 1.807) is 0 Å². The van der Waals surface area contributed by atoms with Crippen LogP contribution in [0.5, 0.6) is 0 Å². The molecule has 0 saturated carbocycles. The highest BCUT2D eigenvalue weighted by atomic mass is 28.4. The molecule has 0 atom stereocenters. The normalized spacial score (nSPS) is 12.0. The highest BCUT2D eigenvalue weighted by Gasteiger charge is 2.30. The minimum atomic E-state index is -2.09. The van der Waals surface area contributed by atoms with Crippen molar-refractivity contribution in [2.45, 2.75) is 46.1 Å². The number of nitrogens with two attached hydrogens (primary N) is 1. The molecule has 0 aromatic rings. The molecule has 0 saturated heterocycles. The maximum atomic E-state index is 5.68. The van der Waals surface area contributed by atoms with Crippen molar-refractivity contribution in [3.8, 4) is 0 Å². The van der Waals surface area contributed by atoms with Gasteiger partial charge in [0.2, 0.25) is 0 Å². The van der Waals surface area contributed by atoms with Gasteiger partial charge in [0.05, 0.1) is 0 Å². The molecule has 0 radical (unpaired) electrons. The molecule has 0 rings (SSSR count). The Kier molecular flexibility index (Phi) is 10.3. The Hall–Kier alpha value is 0.0569. The van der Waals surface area contributed by atoms with Crippen LogP contribution in [0.2, 0.25) is 6.55 Å². The Balaban J connectivity index is 3.59. The molecule has 5 heteroatoms. The topological polar surface area (TPSA) is 56.5 Å². The lowest BCUT2D eigenvalue weighted by Crippen LogP contribution is -2.54. The fourth-order valence-electron chi connectivity index (χ4n) is 1.63. The van der Waals surface area contributed by atoms with E-state index < -0.39 is 8.72 Å². The maximum absolute atomic E-state index is 5.68. The zero-order valence-corrected chi connectivity index (χ0v) is 12.1. The molecular formula is C11H28N2O2Si. The van der Waals surface area contributed by atoms with E-state index in [-0.39, 0.29) is 0 Å². The van der Waals surface area contributed by atoms with Crippen LogP contribution in [-0.4, -0.2) is 35.0 Å². The van der Waals surface area contributed by atoms with E-state index in [4.69, 9.17) is 14.6 Å². The van der Waals surface area contributed by atoms with Gasteiger partial charge in [0, 0.05) is 13.2 Å². The van der Waals surface area contributed by atoms with E-state index in [0.717, 1.165) is 19.5 Å². The van der Waals surface area contributed by atoms with Gasteiger partial charge in [0.15, 0.2) is 0 Å². The van der Waals surface area contributed by atoms with Crippen molar-refractivity contribution in [1.29, 1.82) is 0 Å². The quantitative estimate of drug-likeness (QED) is 0.432. The molecule has 4 nitrogen and oxygen atoms in total. The number of rotatable bonds is 11. The number of hydrogen-bond donors (Lipinski definition) is 2. The largest absolute Gasteiger partial charge is 0.421 e. The maximum Gasteiger partial charge on any atom is 0.421 e. The predicted molar refractivity (Wildman–Crippen MR) is 70.4 cm³/mol. The molecule has 16 heavy (non-hydrogen) atoms. The Bertz CT molecular complexity index is 153. The van der Waals surface area contributed by atoms with Gasteiger partial charge in [0.25, 0.3) is 0 Å². The first-order valence-corrected chi connectivity index (χ1v) is 8.73. The summed E-state index contributed by atoms with van der Waals surface area (Å²) >= 11 is 0. The number of hydrogen-bond acceptors (Lipinski definition) is 4. The summed E-state index contributed by atoms with van der Waals surface area (Å²) in [4.78, 5) is 3.44. The van der Waals surface area contributed by atoms with Gasteiger partial charge in [-0.25, -0.2) is 0 Å². The number of nitrogens with one attached hydrogen (secondary N) is 1. The first kappa shape index (κ1) is 16.1. The van der Waals surface area contributed by atoms with E-state index in [9.17, 15) is 0 Å². The van der Waals surface area contributed by atoms with Gasteiger partial charge in [-0.3, -0.25) is 4.98 Å². The predicted octanol–water partition coefficient (Wildman–Crippen LogP) is 1.74. The summed E-state index contributed by atoms with van der Waals surface area (Å²) < 4.78 is 11.4. The summed E-state index contributed by atoms with van der Waals surface area (Å²) in [6.07, 6.45) is 4.75. The highest BCUT2D eigenvalue weighted by Crippen LogP contribution is 2.04. The van der Waals surface area contributed by atoms with Crippen LogP contribution in [0, 0.1) is 0 Å². The third-order valence-corrected chi connectivity index (χ3v) is 4.99. The molecule has 0 aromatic carbocycles. The van der Waals surface area contributed by atoms with Crippen molar-refractivity contribution >= 4 is 8.72 Å². The van der Waals surface area contributed by atoms with E-state index in [1.807, 2.05) is 13.8 Å². The van der Waals surface area contributed by atoms with Crippen LogP contribution in [0.25, 0.3) is 0 Å². The van der Waals surface area contributed by atoms with Crippen molar-refractivity contribution in [2.24, 2.45) is 5.73 Å². The van der Waals surface area contributed by atoms with Gasteiger partial charge in [-0.05, 0) is 46.3 Å². The molecule has 0 aliphatic rings. The van der Waals surface area contributed by atoms with E-state index in [2.05, 4.69) is 11.5 Å². The van der Waals surface area contributed by atoms with Crippen LogP contribution in [0.15, 0.2) is 0 Å². The highest BCUT2D eigenvalue weighted by molar-refractivity contribution is 6.63. The molecular weight excluding hydrogens is 220 g/mol. The molecule has 0 unspecified atom stereocenters. The molecule has 0 fully saturated rings. The number of unbranched alkanes of at least 4 members (excludes halogenated alkanes) is 3. The van der Waals surface area contributed by atoms with Crippen molar-refractivity contribution in [3.05, 3.63) is 0 Å². The van der Waals surface area contributed by atoms with Crippen molar-refractivity contribution in [2.75, 3.05) is 26.3 Å². The lowest BCUT2D eigenvalue weighted by atomic mass is 10.2.